The van der Waals surface area contributed by atoms with Gasteiger partial charge in [-0.1, -0.05) is 0 Å². The van der Waals surface area contributed by atoms with E-state index >= 15 is 0 Å². The molecular weight excluding hydrogens is 429 g/mol. The quantitative estimate of drug-likeness (QED) is 0.420. The van der Waals surface area contributed by atoms with Crippen molar-refractivity contribution >= 4 is 29.1 Å². The Labute approximate surface area is 187 Å². The van der Waals surface area contributed by atoms with Crippen LogP contribution in [0.15, 0.2) is 48.9 Å². The van der Waals surface area contributed by atoms with Crippen molar-refractivity contribution in [1.29, 1.82) is 0 Å². The van der Waals surface area contributed by atoms with Crippen LogP contribution in [0.2, 0.25) is 0 Å². The second-order valence-corrected chi connectivity index (χ2v) is 7.60. The highest BCUT2D eigenvalue weighted by Crippen LogP contribution is 2.30. The number of nitrogens with one attached hydrogen (secondary N) is 2. The number of anilines is 3. The topological polar surface area (TPSA) is 133 Å². The summed E-state index contributed by atoms with van der Waals surface area (Å²) in [5, 5.41) is 27.6. The first-order valence-electron chi connectivity index (χ1n) is 10.4. The minimum absolute atomic E-state index is 0.131. The summed E-state index contributed by atoms with van der Waals surface area (Å²) < 4.78 is 15.7. The van der Waals surface area contributed by atoms with Crippen molar-refractivity contribution in [2.24, 2.45) is 0 Å². The van der Waals surface area contributed by atoms with Gasteiger partial charge in [0.1, 0.15) is 11.4 Å². The molecule has 0 aliphatic carbocycles. The zero-order valence-corrected chi connectivity index (χ0v) is 17.4. The molecule has 12 heteroatoms. The highest BCUT2D eigenvalue weighted by molar-refractivity contribution is 5.73. The van der Waals surface area contributed by atoms with Gasteiger partial charge < -0.3 is 20.6 Å². The number of aromatic nitrogens is 6. The van der Waals surface area contributed by atoms with Crippen LogP contribution >= 0.6 is 0 Å². The van der Waals surface area contributed by atoms with E-state index in [9.17, 15) is 9.18 Å². The molecule has 1 unspecified atom stereocenters. The number of hydrogen-bond acceptors (Lipinski definition) is 8. The van der Waals surface area contributed by atoms with Crippen molar-refractivity contribution < 1.29 is 14.3 Å². The van der Waals surface area contributed by atoms with Gasteiger partial charge in [0.25, 0.3) is 5.95 Å². The van der Waals surface area contributed by atoms with Crippen molar-refractivity contribution in [1.82, 2.24) is 35.1 Å². The van der Waals surface area contributed by atoms with Crippen LogP contribution in [0.5, 0.6) is 0 Å². The van der Waals surface area contributed by atoms with E-state index in [-0.39, 0.29) is 11.7 Å². The first kappa shape index (κ1) is 20.5. The Morgan fingerprint density at radius 2 is 2.09 bits per heavy atom. The second kappa shape index (κ2) is 8.65. The first-order chi connectivity index (χ1) is 16.1. The molecule has 0 bridgehead atoms. The molecule has 5 heterocycles. The summed E-state index contributed by atoms with van der Waals surface area (Å²) in [6, 6.07) is 7.86. The Morgan fingerprint density at radius 1 is 1.18 bits per heavy atom. The van der Waals surface area contributed by atoms with Gasteiger partial charge in [0.05, 0.1) is 17.6 Å². The lowest BCUT2D eigenvalue weighted by atomic mass is 10.1. The molecule has 1 atom stereocenters. The molecule has 1 saturated heterocycles. The van der Waals surface area contributed by atoms with Gasteiger partial charge in [0.15, 0.2) is 11.5 Å². The molecule has 33 heavy (non-hydrogen) atoms. The van der Waals surface area contributed by atoms with Crippen LogP contribution in [-0.2, 0) is 0 Å². The molecule has 4 aromatic heterocycles. The molecule has 0 saturated carbocycles. The number of pyridine rings is 2. The maximum atomic E-state index is 14.2. The van der Waals surface area contributed by atoms with Crippen LogP contribution in [0.25, 0.3) is 17.0 Å². The van der Waals surface area contributed by atoms with E-state index < -0.39 is 11.9 Å². The Kier molecular flexibility index (Phi) is 5.39. The van der Waals surface area contributed by atoms with Crippen molar-refractivity contribution in [2.75, 3.05) is 23.3 Å². The number of nitrogens with zero attached hydrogens (tertiary/aromatic N) is 7. The summed E-state index contributed by atoms with van der Waals surface area (Å²) in [4.78, 5) is 21.4. The van der Waals surface area contributed by atoms with E-state index in [1.807, 2.05) is 6.07 Å². The highest BCUT2D eigenvalue weighted by Gasteiger charge is 2.23. The fourth-order valence-electron chi connectivity index (χ4n) is 3.94. The lowest BCUT2D eigenvalue weighted by molar-refractivity contribution is 0.188. The van der Waals surface area contributed by atoms with Crippen LogP contribution in [0.4, 0.5) is 26.5 Å². The maximum absolute atomic E-state index is 14.2. The standard InChI is InChI=1S/C21H20FN9O2/c22-14-4-1-8-24-19(14)15-5-6-18-27-28-20(31(18)29-15)26-16-11-23-9-7-17(16)30-10-2-3-13(12-30)25-21(32)33/h1,4-9,11,13,25H,2-3,10,12H2,(H,26,28)(H,32,33). The monoisotopic (exact) mass is 449 g/mol. The van der Waals surface area contributed by atoms with E-state index in [0.29, 0.717) is 29.5 Å². The summed E-state index contributed by atoms with van der Waals surface area (Å²) in [7, 11) is 0. The molecule has 5 rings (SSSR count). The number of amides is 1. The third-order valence-electron chi connectivity index (χ3n) is 5.40. The molecule has 0 radical (unpaired) electrons. The van der Waals surface area contributed by atoms with Gasteiger partial charge in [-0.15, -0.1) is 10.2 Å². The average molecular weight is 449 g/mol. The van der Waals surface area contributed by atoms with Gasteiger partial charge in [-0.3, -0.25) is 9.97 Å². The Hall–Kier alpha value is -4.35. The Bertz CT molecular complexity index is 1310. The van der Waals surface area contributed by atoms with E-state index in [1.165, 1.54) is 22.8 Å². The summed E-state index contributed by atoms with van der Waals surface area (Å²) in [6.45, 7) is 1.31. The van der Waals surface area contributed by atoms with Crippen LogP contribution in [-0.4, -0.2) is 60.1 Å². The van der Waals surface area contributed by atoms with Gasteiger partial charge in [0, 0.05) is 31.5 Å². The fraction of sp³-hybridized carbons (Fsp3) is 0.238. The number of fused-ring (bicyclic) bond motifs is 1. The normalized spacial score (nSPS) is 16.0. The predicted molar refractivity (Wildman–Crippen MR) is 118 cm³/mol. The molecule has 0 aromatic carbocycles. The van der Waals surface area contributed by atoms with E-state index in [2.05, 4.69) is 40.8 Å². The van der Waals surface area contributed by atoms with Crippen molar-refractivity contribution in [3.63, 3.8) is 0 Å². The molecule has 1 amide bonds. The number of piperidine rings is 1. The van der Waals surface area contributed by atoms with Crippen LogP contribution in [0, 0.1) is 5.82 Å². The second-order valence-electron chi connectivity index (χ2n) is 7.60. The summed E-state index contributed by atoms with van der Waals surface area (Å²) in [5.74, 6) is -0.147. The van der Waals surface area contributed by atoms with E-state index in [1.54, 1.807) is 24.5 Å². The number of carboxylic acid groups (broad SMARTS) is 1. The third kappa shape index (κ3) is 4.22. The molecule has 0 spiro atoms. The van der Waals surface area contributed by atoms with Gasteiger partial charge in [-0.05, 0) is 43.2 Å². The summed E-state index contributed by atoms with van der Waals surface area (Å²) >= 11 is 0. The largest absolute Gasteiger partial charge is 0.465 e. The number of hydrogen-bond donors (Lipinski definition) is 3. The highest BCUT2D eigenvalue weighted by atomic mass is 19.1. The predicted octanol–water partition coefficient (Wildman–Crippen LogP) is 2.70. The molecule has 168 valence electrons. The van der Waals surface area contributed by atoms with Crippen molar-refractivity contribution in [2.45, 2.75) is 18.9 Å². The van der Waals surface area contributed by atoms with Crippen LogP contribution in [0.3, 0.4) is 0 Å². The van der Waals surface area contributed by atoms with E-state index in [4.69, 9.17) is 5.11 Å². The molecular formula is C21H20FN9O2. The zero-order chi connectivity index (χ0) is 22.8. The number of carbonyl (C=O) groups is 1. The Balaban J connectivity index is 1.45. The molecule has 4 aromatic rings. The number of rotatable bonds is 5. The van der Waals surface area contributed by atoms with Crippen LogP contribution in [0.1, 0.15) is 12.8 Å². The minimum Gasteiger partial charge on any atom is -0.465 e. The van der Waals surface area contributed by atoms with Crippen molar-refractivity contribution in [3.05, 3.63) is 54.7 Å². The van der Waals surface area contributed by atoms with Gasteiger partial charge >= 0.3 is 6.09 Å². The summed E-state index contributed by atoms with van der Waals surface area (Å²) in [5.41, 5.74) is 2.47. The van der Waals surface area contributed by atoms with Crippen LogP contribution < -0.4 is 15.5 Å². The third-order valence-corrected chi connectivity index (χ3v) is 5.40. The summed E-state index contributed by atoms with van der Waals surface area (Å²) in [6.07, 6.45) is 5.44. The molecule has 3 N–H and O–H groups in total. The minimum atomic E-state index is -1.03. The Morgan fingerprint density at radius 3 is 2.94 bits per heavy atom. The SMILES string of the molecule is O=C(O)NC1CCCN(c2ccncc2Nc2nnc3ccc(-c4ncccc4F)nn23)C1. The molecule has 1 aliphatic rings. The molecule has 11 nitrogen and oxygen atoms in total. The van der Waals surface area contributed by atoms with Gasteiger partial charge in [-0.2, -0.15) is 9.61 Å². The molecule has 1 fully saturated rings. The van der Waals surface area contributed by atoms with Gasteiger partial charge in [-0.25, -0.2) is 9.18 Å². The van der Waals surface area contributed by atoms with Gasteiger partial charge in [0.2, 0.25) is 0 Å². The lowest BCUT2D eigenvalue weighted by Gasteiger charge is -2.35. The van der Waals surface area contributed by atoms with Crippen molar-refractivity contribution in [3.8, 4) is 11.4 Å². The maximum Gasteiger partial charge on any atom is 0.404 e. The fourth-order valence-corrected chi connectivity index (χ4v) is 3.94. The zero-order valence-electron chi connectivity index (χ0n) is 17.4. The average Bonchev–Trinajstić information content (AvgIpc) is 3.21. The molecule has 1 aliphatic heterocycles. The lowest BCUT2D eigenvalue weighted by Crippen LogP contribution is -2.47. The smallest absolute Gasteiger partial charge is 0.404 e. The van der Waals surface area contributed by atoms with E-state index in [0.717, 1.165) is 25.1 Å². The number of halogens is 1. The first-order valence-corrected chi connectivity index (χ1v) is 10.4.